The fourth-order valence-electron chi connectivity index (χ4n) is 4.87. The van der Waals surface area contributed by atoms with E-state index in [1.54, 1.807) is 6.92 Å². The Kier molecular flexibility index (Phi) is 38.6. The first-order chi connectivity index (χ1) is 27.8. The third-order valence-corrected chi connectivity index (χ3v) is 8.48. The van der Waals surface area contributed by atoms with E-state index in [1.807, 2.05) is 13.8 Å². The molecule has 0 aromatic rings. The van der Waals surface area contributed by atoms with Crippen molar-refractivity contribution in [1.82, 2.24) is 26.6 Å². The van der Waals surface area contributed by atoms with Crippen LogP contribution in [0.5, 0.6) is 0 Å². The van der Waals surface area contributed by atoms with Crippen molar-refractivity contribution in [2.75, 3.05) is 85.6 Å². The number of hydrogen-bond donors (Lipinski definition) is 8. The summed E-state index contributed by atoms with van der Waals surface area (Å²) >= 11 is 0. The molecule has 0 heterocycles. The molecule has 7 amide bonds. The van der Waals surface area contributed by atoms with E-state index < -0.39 is 0 Å². The van der Waals surface area contributed by atoms with E-state index >= 15 is 0 Å². The number of nitrogens with one attached hydrogen (secondary N) is 5. The third-order valence-electron chi connectivity index (χ3n) is 8.48. The number of rotatable bonds is 37. The number of unbranched alkanes of at least 4 members (excludes halogenated alkanes) is 2. The standard InChI is InChI=1S/C32H61N7O10.C7H15NO/c1-3-35-28(41)11-10-26(12-13-33)39-29(42)9-6-8-27(40)37-15-17-46-19-22-49-24-31(44)38-16-18-47-20-21-48-23-30(43)36-14-5-4-7-25(2)32(34)45;1-3-4-5-6(2)7(8)9/h25-26H,3-24,33H2,1-2H3,(H2,34,45)(H,35,41)(H,36,43)(H,37,40)(H,38,44)(H,39,42);6H,3-5H2,1-2H3,(H2,8,9)/t25-,26?;6-/m00/s1. The van der Waals surface area contributed by atoms with Gasteiger partial charge in [-0.15, -0.1) is 0 Å². The first-order valence-corrected chi connectivity index (χ1v) is 20.7. The molecule has 19 heteroatoms. The van der Waals surface area contributed by atoms with E-state index in [9.17, 15) is 33.6 Å². The van der Waals surface area contributed by atoms with Crippen LogP contribution in [-0.4, -0.2) is 133 Å². The van der Waals surface area contributed by atoms with Gasteiger partial charge in [0, 0.05) is 63.3 Å². The zero-order chi connectivity index (χ0) is 43.8. The van der Waals surface area contributed by atoms with Crippen molar-refractivity contribution in [2.45, 2.75) is 111 Å². The Bertz CT molecular complexity index is 1130. The minimum absolute atomic E-state index is 0.0601. The zero-order valence-corrected chi connectivity index (χ0v) is 35.6. The van der Waals surface area contributed by atoms with Crippen LogP contribution in [0.4, 0.5) is 0 Å². The van der Waals surface area contributed by atoms with Crippen molar-refractivity contribution in [3.63, 3.8) is 0 Å². The van der Waals surface area contributed by atoms with Gasteiger partial charge in [0.25, 0.3) is 0 Å². The SMILES string of the molecule is CCCC[C@H](C)C(N)=O.CCNC(=O)CCC(CCN)NC(=O)CCCC(=O)NCCOCCOCC(=O)NCCOCCOCC(=O)NCCCC[C@H](C)C(N)=O. The number of hydrogen-bond acceptors (Lipinski definition) is 12. The van der Waals surface area contributed by atoms with Crippen LogP contribution < -0.4 is 43.8 Å². The molecule has 0 aromatic carbocycles. The van der Waals surface area contributed by atoms with Crippen molar-refractivity contribution in [2.24, 2.45) is 29.0 Å². The minimum atomic E-state index is -0.316. The van der Waals surface area contributed by atoms with Crippen LogP contribution in [0.3, 0.4) is 0 Å². The topological polar surface area (TPSA) is 295 Å². The van der Waals surface area contributed by atoms with Gasteiger partial charge in [0.2, 0.25) is 41.4 Å². The van der Waals surface area contributed by atoms with Gasteiger partial charge in [-0.1, -0.05) is 40.0 Å². The second-order valence-electron chi connectivity index (χ2n) is 13.8. The van der Waals surface area contributed by atoms with E-state index in [0.717, 1.165) is 32.1 Å². The molecule has 338 valence electrons. The summed E-state index contributed by atoms with van der Waals surface area (Å²) in [5.74, 6) is -1.54. The lowest BCUT2D eigenvalue weighted by Gasteiger charge is -2.18. The van der Waals surface area contributed by atoms with Crippen LogP contribution in [0.2, 0.25) is 0 Å². The second-order valence-corrected chi connectivity index (χ2v) is 13.8. The maximum Gasteiger partial charge on any atom is 0.246 e. The molecule has 0 fully saturated rings. The van der Waals surface area contributed by atoms with Gasteiger partial charge >= 0.3 is 0 Å². The lowest BCUT2D eigenvalue weighted by atomic mass is 10.0. The predicted octanol–water partition coefficient (Wildman–Crippen LogP) is -0.0887. The lowest BCUT2D eigenvalue weighted by molar-refractivity contribution is -0.127. The normalized spacial score (nSPS) is 12.2. The molecule has 0 bridgehead atoms. The van der Waals surface area contributed by atoms with Crippen LogP contribution in [0.1, 0.15) is 105 Å². The van der Waals surface area contributed by atoms with Gasteiger partial charge < -0.3 is 62.7 Å². The Hall–Kier alpha value is -3.91. The highest BCUT2D eigenvalue weighted by Crippen LogP contribution is 2.07. The molecular weight excluding hydrogens is 756 g/mol. The Labute approximate surface area is 345 Å². The molecule has 0 saturated heterocycles. The van der Waals surface area contributed by atoms with Crippen LogP contribution in [-0.2, 0) is 52.5 Å². The van der Waals surface area contributed by atoms with Gasteiger partial charge in [-0.05, 0) is 52.0 Å². The van der Waals surface area contributed by atoms with Crippen molar-refractivity contribution in [1.29, 1.82) is 0 Å². The monoisotopic (exact) mass is 833 g/mol. The highest BCUT2D eigenvalue weighted by atomic mass is 16.5. The number of carbonyl (C=O) groups is 7. The zero-order valence-electron chi connectivity index (χ0n) is 35.6. The molecule has 3 atom stereocenters. The van der Waals surface area contributed by atoms with Crippen LogP contribution >= 0.6 is 0 Å². The quantitative estimate of drug-likeness (QED) is 0.0381. The highest BCUT2D eigenvalue weighted by molar-refractivity contribution is 5.80. The first kappa shape index (κ1) is 56.2. The van der Waals surface area contributed by atoms with E-state index in [2.05, 4.69) is 33.5 Å². The Balaban J connectivity index is 0. The molecule has 0 aromatic heterocycles. The minimum Gasteiger partial charge on any atom is -0.377 e. The van der Waals surface area contributed by atoms with E-state index in [1.165, 1.54) is 0 Å². The molecular formula is C39H76N8O11. The summed E-state index contributed by atoms with van der Waals surface area (Å²) in [6, 6.07) is -0.176. The summed E-state index contributed by atoms with van der Waals surface area (Å²) in [4.78, 5) is 80.8. The third kappa shape index (κ3) is 38.9. The largest absolute Gasteiger partial charge is 0.377 e. The second kappa shape index (κ2) is 39.9. The number of ether oxygens (including phenoxy) is 4. The fourth-order valence-corrected chi connectivity index (χ4v) is 4.87. The van der Waals surface area contributed by atoms with E-state index in [4.69, 9.17) is 36.1 Å². The van der Waals surface area contributed by atoms with E-state index in [0.29, 0.717) is 64.8 Å². The predicted molar refractivity (Wildman–Crippen MR) is 220 cm³/mol. The molecule has 0 rings (SSSR count). The maximum absolute atomic E-state index is 12.2. The number of carbonyl (C=O) groups excluding carboxylic acids is 7. The van der Waals surface area contributed by atoms with Gasteiger partial charge in [-0.2, -0.15) is 0 Å². The van der Waals surface area contributed by atoms with Crippen LogP contribution in [0, 0.1) is 11.8 Å². The van der Waals surface area contributed by atoms with Crippen LogP contribution in [0.25, 0.3) is 0 Å². The van der Waals surface area contributed by atoms with Crippen molar-refractivity contribution in [3.05, 3.63) is 0 Å². The molecule has 0 aliphatic rings. The Morgan fingerprint density at radius 3 is 1.50 bits per heavy atom. The van der Waals surface area contributed by atoms with Crippen LogP contribution in [0.15, 0.2) is 0 Å². The van der Waals surface area contributed by atoms with Crippen molar-refractivity contribution < 1.29 is 52.5 Å². The molecule has 0 aliphatic carbocycles. The number of primary amides is 2. The summed E-state index contributed by atoms with van der Waals surface area (Å²) in [6.07, 6.45) is 7.62. The maximum atomic E-state index is 12.2. The van der Waals surface area contributed by atoms with Gasteiger partial charge in [-0.3, -0.25) is 33.6 Å². The average Bonchev–Trinajstić information content (AvgIpc) is 3.18. The highest BCUT2D eigenvalue weighted by Gasteiger charge is 2.14. The summed E-state index contributed by atoms with van der Waals surface area (Å²) in [5.41, 5.74) is 15.9. The molecule has 0 spiro atoms. The summed E-state index contributed by atoms with van der Waals surface area (Å²) in [6.45, 7) is 11.0. The molecule has 58 heavy (non-hydrogen) atoms. The van der Waals surface area contributed by atoms with Gasteiger partial charge in [-0.25, -0.2) is 0 Å². The van der Waals surface area contributed by atoms with Crippen molar-refractivity contribution in [3.8, 4) is 0 Å². The molecule has 11 N–H and O–H groups in total. The average molecular weight is 833 g/mol. The summed E-state index contributed by atoms with van der Waals surface area (Å²) in [5, 5.41) is 13.8. The summed E-state index contributed by atoms with van der Waals surface area (Å²) in [7, 11) is 0. The molecule has 0 radical (unpaired) electrons. The first-order valence-electron chi connectivity index (χ1n) is 20.7. The molecule has 0 aliphatic heterocycles. The molecule has 1 unspecified atom stereocenters. The van der Waals surface area contributed by atoms with Gasteiger partial charge in [0.1, 0.15) is 13.2 Å². The Morgan fingerprint density at radius 2 is 0.983 bits per heavy atom. The van der Waals surface area contributed by atoms with Gasteiger partial charge in [0.15, 0.2) is 0 Å². The van der Waals surface area contributed by atoms with E-state index in [-0.39, 0.29) is 125 Å². The van der Waals surface area contributed by atoms with Crippen molar-refractivity contribution >= 4 is 41.4 Å². The number of amides is 7. The molecule has 19 nitrogen and oxygen atoms in total. The fraction of sp³-hybridized carbons (Fsp3) is 0.821. The molecule has 0 saturated carbocycles. The summed E-state index contributed by atoms with van der Waals surface area (Å²) < 4.78 is 21.3. The Morgan fingerprint density at radius 1 is 0.500 bits per heavy atom. The smallest absolute Gasteiger partial charge is 0.246 e. The van der Waals surface area contributed by atoms with Gasteiger partial charge in [0.05, 0.1) is 39.6 Å². The number of nitrogens with two attached hydrogens (primary N) is 3. The lowest BCUT2D eigenvalue weighted by Crippen LogP contribution is -2.37.